The maximum Gasteiger partial charge on any atom is 0.357 e. The van der Waals surface area contributed by atoms with Crippen LogP contribution in [0.2, 0.25) is 0 Å². The fourth-order valence-electron chi connectivity index (χ4n) is 2.94. The van der Waals surface area contributed by atoms with E-state index in [1.165, 1.54) is 6.33 Å². The van der Waals surface area contributed by atoms with Gasteiger partial charge < -0.3 is 9.30 Å². The lowest BCUT2D eigenvalue weighted by molar-refractivity contribution is 0.0518. The third-order valence-electron chi connectivity index (χ3n) is 3.96. The van der Waals surface area contributed by atoms with Crippen LogP contribution < -0.4 is 0 Å². The van der Waals surface area contributed by atoms with E-state index in [0.717, 1.165) is 32.7 Å². The second-order valence-corrected chi connectivity index (χ2v) is 6.28. The zero-order valence-corrected chi connectivity index (χ0v) is 14.4. The van der Waals surface area contributed by atoms with E-state index < -0.39 is 5.97 Å². The number of halogens is 1. The molecular weight excluding hydrogens is 372 g/mol. The van der Waals surface area contributed by atoms with E-state index in [1.54, 1.807) is 19.4 Å². The molecule has 6 nitrogen and oxygen atoms in total. The van der Waals surface area contributed by atoms with Crippen LogP contribution in [0, 0.1) is 0 Å². The number of fused-ring (bicyclic) bond motifs is 5. The largest absolute Gasteiger partial charge is 0.461 e. The molecule has 0 bridgehead atoms. The quantitative estimate of drug-likeness (QED) is 0.496. The molecule has 2 aromatic heterocycles. The molecule has 1 aliphatic rings. The molecule has 1 aromatic carbocycles. The average molecular weight is 385 g/mol. The minimum absolute atomic E-state index is 0.305. The molecule has 0 saturated carbocycles. The number of hydrogen-bond donors (Lipinski definition) is 0. The van der Waals surface area contributed by atoms with Gasteiger partial charge in [-0.25, -0.2) is 19.7 Å². The van der Waals surface area contributed by atoms with E-state index in [-0.39, 0.29) is 0 Å². The molecular formula is C17H13BrN4O2. The van der Waals surface area contributed by atoms with E-state index in [2.05, 4.69) is 30.9 Å². The van der Waals surface area contributed by atoms with E-state index in [4.69, 9.17) is 4.74 Å². The van der Waals surface area contributed by atoms with Gasteiger partial charge in [-0.15, -0.1) is 0 Å². The van der Waals surface area contributed by atoms with Gasteiger partial charge in [0, 0.05) is 33.9 Å². The maximum atomic E-state index is 12.3. The predicted molar refractivity (Wildman–Crippen MR) is 91.1 cm³/mol. The smallest absolute Gasteiger partial charge is 0.357 e. The van der Waals surface area contributed by atoms with Crippen LogP contribution in [0.25, 0.3) is 16.9 Å². The SMILES string of the molecule is CCOC(=O)c1ncnc2c1Cc1cncn1-c1cc(Br)ccc1-2. The molecule has 0 N–H and O–H groups in total. The van der Waals surface area contributed by atoms with Gasteiger partial charge in [0.1, 0.15) is 6.33 Å². The first-order valence-corrected chi connectivity index (χ1v) is 8.31. The minimum Gasteiger partial charge on any atom is -0.461 e. The number of carbonyl (C=O) groups is 1. The summed E-state index contributed by atoms with van der Waals surface area (Å²) >= 11 is 3.51. The van der Waals surface area contributed by atoms with Crippen molar-refractivity contribution < 1.29 is 9.53 Å². The van der Waals surface area contributed by atoms with E-state index in [9.17, 15) is 4.79 Å². The molecule has 0 amide bonds. The van der Waals surface area contributed by atoms with Crippen LogP contribution >= 0.6 is 15.9 Å². The van der Waals surface area contributed by atoms with Gasteiger partial charge >= 0.3 is 5.97 Å². The molecule has 7 heteroatoms. The fourth-order valence-corrected chi connectivity index (χ4v) is 3.29. The molecule has 1 aliphatic heterocycles. The lowest BCUT2D eigenvalue weighted by atomic mass is 10.0. The first kappa shape index (κ1) is 15.0. The highest BCUT2D eigenvalue weighted by atomic mass is 79.9. The number of rotatable bonds is 2. The summed E-state index contributed by atoms with van der Waals surface area (Å²) in [7, 11) is 0. The number of nitrogens with zero attached hydrogens (tertiary/aromatic N) is 4. The van der Waals surface area contributed by atoms with Crippen molar-refractivity contribution in [1.29, 1.82) is 0 Å². The number of hydrogen-bond acceptors (Lipinski definition) is 5. The summed E-state index contributed by atoms with van der Waals surface area (Å²) in [5, 5.41) is 0. The van der Waals surface area contributed by atoms with Crippen molar-refractivity contribution in [3.8, 4) is 16.9 Å². The maximum absolute atomic E-state index is 12.3. The normalized spacial score (nSPS) is 11.9. The van der Waals surface area contributed by atoms with Crippen LogP contribution in [0.3, 0.4) is 0 Å². The van der Waals surface area contributed by atoms with Crippen molar-refractivity contribution in [2.75, 3.05) is 6.61 Å². The fraction of sp³-hybridized carbons (Fsp3) is 0.176. The number of carbonyl (C=O) groups excluding carboxylic acids is 1. The Morgan fingerprint density at radius 1 is 1.38 bits per heavy atom. The number of esters is 1. The van der Waals surface area contributed by atoms with Gasteiger partial charge in [0.05, 0.1) is 24.3 Å². The third-order valence-corrected chi connectivity index (χ3v) is 4.45. The summed E-state index contributed by atoms with van der Waals surface area (Å²) in [6, 6.07) is 5.95. The summed E-state index contributed by atoms with van der Waals surface area (Å²) in [4.78, 5) is 25.2. The van der Waals surface area contributed by atoms with Gasteiger partial charge in [0.15, 0.2) is 5.69 Å². The number of benzene rings is 1. The van der Waals surface area contributed by atoms with Crippen LogP contribution in [0.1, 0.15) is 28.7 Å². The predicted octanol–water partition coefficient (Wildman–Crippen LogP) is 3.17. The Bertz CT molecular complexity index is 952. The van der Waals surface area contributed by atoms with Crippen molar-refractivity contribution in [3.05, 3.63) is 58.5 Å². The van der Waals surface area contributed by atoms with Crippen molar-refractivity contribution in [2.45, 2.75) is 13.3 Å². The molecule has 0 saturated heterocycles. The zero-order valence-electron chi connectivity index (χ0n) is 12.9. The van der Waals surface area contributed by atoms with Gasteiger partial charge in [0.25, 0.3) is 0 Å². The number of ether oxygens (including phenoxy) is 1. The molecule has 0 atom stereocenters. The number of aromatic nitrogens is 4. The second kappa shape index (κ2) is 5.83. The van der Waals surface area contributed by atoms with Gasteiger partial charge in [0.2, 0.25) is 0 Å². The van der Waals surface area contributed by atoms with Gasteiger partial charge in [-0.2, -0.15) is 0 Å². The Balaban J connectivity index is 2.01. The lowest BCUT2D eigenvalue weighted by Gasteiger charge is -2.11. The molecule has 0 radical (unpaired) electrons. The highest BCUT2D eigenvalue weighted by Crippen LogP contribution is 2.36. The molecule has 3 aromatic rings. The van der Waals surface area contributed by atoms with Crippen LogP contribution in [0.5, 0.6) is 0 Å². The second-order valence-electron chi connectivity index (χ2n) is 5.36. The Morgan fingerprint density at radius 3 is 3.08 bits per heavy atom. The summed E-state index contributed by atoms with van der Waals surface area (Å²) in [6.07, 6.45) is 5.48. The topological polar surface area (TPSA) is 69.9 Å². The van der Waals surface area contributed by atoms with Crippen molar-refractivity contribution >= 4 is 21.9 Å². The molecule has 0 unspecified atom stereocenters. The monoisotopic (exact) mass is 384 g/mol. The van der Waals surface area contributed by atoms with Crippen LogP contribution in [0.15, 0.2) is 41.5 Å². The summed E-state index contributed by atoms with van der Waals surface area (Å²) in [6.45, 7) is 2.08. The van der Waals surface area contributed by atoms with Crippen molar-refractivity contribution in [2.24, 2.45) is 0 Å². The molecule has 120 valence electrons. The third kappa shape index (κ3) is 2.32. The van der Waals surface area contributed by atoms with E-state index in [1.807, 2.05) is 22.8 Å². The molecule has 3 heterocycles. The first-order chi connectivity index (χ1) is 11.7. The van der Waals surface area contributed by atoms with E-state index in [0.29, 0.717) is 18.7 Å². The van der Waals surface area contributed by atoms with Crippen LogP contribution in [0.4, 0.5) is 0 Å². The standard InChI is InChI=1S/C17H13BrN4O2/c1-2-24-17(23)16-13-6-11-7-19-9-22(11)14-5-10(18)3-4-12(14)15(13)20-8-21-16/h3-5,7-9H,2,6H2,1H3. The minimum atomic E-state index is -0.428. The highest BCUT2D eigenvalue weighted by molar-refractivity contribution is 9.10. The Labute approximate surface area is 146 Å². The molecule has 0 spiro atoms. The Hall–Kier alpha value is -2.54. The van der Waals surface area contributed by atoms with Crippen molar-refractivity contribution in [3.63, 3.8) is 0 Å². The van der Waals surface area contributed by atoms with Crippen molar-refractivity contribution in [1.82, 2.24) is 19.5 Å². The van der Waals surface area contributed by atoms with Crippen LogP contribution in [-0.2, 0) is 11.2 Å². The van der Waals surface area contributed by atoms with Gasteiger partial charge in [-0.05, 0) is 25.1 Å². The summed E-state index contributed by atoms with van der Waals surface area (Å²) < 4.78 is 8.12. The van der Waals surface area contributed by atoms with E-state index >= 15 is 0 Å². The molecule has 4 rings (SSSR count). The van der Waals surface area contributed by atoms with Gasteiger partial charge in [-0.3, -0.25) is 0 Å². The zero-order chi connectivity index (χ0) is 16.7. The van der Waals surface area contributed by atoms with Gasteiger partial charge in [-0.1, -0.05) is 15.9 Å². The molecule has 24 heavy (non-hydrogen) atoms. The average Bonchev–Trinajstić information content (AvgIpc) is 2.99. The Kier molecular flexibility index (Phi) is 3.65. The lowest BCUT2D eigenvalue weighted by Crippen LogP contribution is -2.12. The Morgan fingerprint density at radius 2 is 2.25 bits per heavy atom. The summed E-state index contributed by atoms with van der Waals surface area (Å²) in [5.74, 6) is -0.428. The van der Waals surface area contributed by atoms with Crippen LogP contribution in [-0.4, -0.2) is 32.1 Å². The molecule has 0 fully saturated rings. The highest BCUT2D eigenvalue weighted by Gasteiger charge is 2.26. The molecule has 0 aliphatic carbocycles. The number of imidazole rings is 1. The summed E-state index contributed by atoms with van der Waals surface area (Å²) in [5.41, 5.74) is 4.68. The first-order valence-electron chi connectivity index (χ1n) is 7.51.